The van der Waals surface area contributed by atoms with Gasteiger partial charge in [0.1, 0.15) is 0 Å². The molecular formula is C23H25N3O. The van der Waals surface area contributed by atoms with Crippen LogP contribution in [0.25, 0.3) is 0 Å². The average molecular weight is 359 g/mol. The van der Waals surface area contributed by atoms with Crippen molar-refractivity contribution in [1.29, 1.82) is 0 Å². The summed E-state index contributed by atoms with van der Waals surface area (Å²) < 4.78 is 0. The highest BCUT2D eigenvalue weighted by molar-refractivity contribution is 5.77. The molecule has 0 spiro atoms. The molecule has 0 saturated carbocycles. The van der Waals surface area contributed by atoms with Crippen molar-refractivity contribution >= 4 is 5.91 Å². The molecule has 2 aromatic carbocycles. The first kappa shape index (κ1) is 18.8. The third kappa shape index (κ3) is 5.04. The highest BCUT2D eigenvalue weighted by Gasteiger charge is 2.39. The van der Waals surface area contributed by atoms with Gasteiger partial charge in [-0.3, -0.25) is 4.79 Å². The van der Waals surface area contributed by atoms with Gasteiger partial charge in [-0.2, -0.15) is 10.2 Å². The third-order valence-corrected chi connectivity index (χ3v) is 5.06. The smallest absolute Gasteiger partial charge is 0.223 e. The topological polar surface area (TPSA) is 45.0 Å². The zero-order valence-electron chi connectivity index (χ0n) is 15.7. The number of hydrogen-bond acceptors (Lipinski definition) is 3. The lowest BCUT2D eigenvalue weighted by Crippen LogP contribution is -2.34. The van der Waals surface area contributed by atoms with Crippen LogP contribution in [0, 0.1) is 12.3 Å². The summed E-state index contributed by atoms with van der Waals surface area (Å²) in [6.45, 7) is 2.66. The van der Waals surface area contributed by atoms with Gasteiger partial charge in [-0.05, 0) is 18.1 Å². The molecule has 0 fully saturated rings. The average Bonchev–Trinajstić information content (AvgIpc) is 3.50. The molecule has 1 amide bonds. The van der Waals surface area contributed by atoms with Gasteiger partial charge in [0.05, 0.1) is 6.04 Å². The number of benzene rings is 2. The first-order valence-electron chi connectivity index (χ1n) is 9.39. The number of amides is 1. The number of terminal acetylenes is 1. The molecule has 1 aliphatic rings. The van der Waals surface area contributed by atoms with Crippen molar-refractivity contribution in [2.45, 2.75) is 50.9 Å². The normalized spacial score (nSPS) is 15.0. The SMILES string of the molecule is C#CCCC1(CCC(=O)N(Cc2ccccc2)C(C)c2ccccc2)N=N1. The van der Waals surface area contributed by atoms with Crippen LogP contribution in [-0.2, 0) is 11.3 Å². The molecule has 27 heavy (non-hydrogen) atoms. The largest absolute Gasteiger partial charge is 0.332 e. The van der Waals surface area contributed by atoms with Crippen molar-refractivity contribution in [2.24, 2.45) is 10.2 Å². The Morgan fingerprint density at radius 3 is 2.30 bits per heavy atom. The molecule has 0 saturated heterocycles. The predicted octanol–water partition coefficient (Wildman–Crippen LogP) is 5.13. The van der Waals surface area contributed by atoms with Gasteiger partial charge in [0.25, 0.3) is 0 Å². The van der Waals surface area contributed by atoms with E-state index < -0.39 is 5.66 Å². The minimum Gasteiger partial charge on any atom is -0.332 e. The quantitative estimate of drug-likeness (QED) is 0.572. The van der Waals surface area contributed by atoms with Gasteiger partial charge in [-0.15, -0.1) is 12.3 Å². The standard InChI is InChI=1S/C23H25N3O/c1-3-4-16-23(24-25-23)17-15-22(27)26(18-20-11-7-5-8-12-20)19(2)21-13-9-6-10-14-21/h1,5-14,19H,4,15-18H2,2H3. The van der Waals surface area contributed by atoms with Gasteiger partial charge in [-0.25, -0.2) is 0 Å². The molecular weight excluding hydrogens is 334 g/mol. The van der Waals surface area contributed by atoms with E-state index in [1.165, 1.54) is 0 Å². The lowest BCUT2D eigenvalue weighted by Gasteiger charge is -2.30. The fourth-order valence-electron chi connectivity index (χ4n) is 3.25. The van der Waals surface area contributed by atoms with Crippen molar-refractivity contribution in [2.75, 3.05) is 0 Å². The lowest BCUT2D eigenvalue weighted by molar-refractivity contribution is -0.134. The van der Waals surface area contributed by atoms with E-state index in [0.29, 0.717) is 25.8 Å². The molecule has 4 heteroatoms. The summed E-state index contributed by atoms with van der Waals surface area (Å²) in [5.74, 6) is 2.75. The van der Waals surface area contributed by atoms with Crippen LogP contribution < -0.4 is 0 Å². The number of hydrogen-bond donors (Lipinski definition) is 0. The Kier molecular flexibility index (Phi) is 6.03. The Morgan fingerprint density at radius 2 is 1.70 bits per heavy atom. The first-order chi connectivity index (χ1) is 13.1. The summed E-state index contributed by atoms with van der Waals surface area (Å²) in [6.07, 6.45) is 7.75. The van der Waals surface area contributed by atoms with Gasteiger partial charge in [0, 0.05) is 32.2 Å². The Hall–Kier alpha value is -2.93. The Labute approximate surface area is 161 Å². The van der Waals surface area contributed by atoms with Crippen molar-refractivity contribution in [3.05, 3.63) is 71.8 Å². The van der Waals surface area contributed by atoms with Crippen LogP contribution in [-0.4, -0.2) is 16.5 Å². The molecule has 1 aliphatic heterocycles. The van der Waals surface area contributed by atoms with Crippen molar-refractivity contribution in [1.82, 2.24) is 4.90 Å². The molecule has 0 aromatic heterocycles. The number of rotatable bonds is 9. The lowest BCUT2D eigenvalue weighted by atomic mass is 10.0. The maximum absolute atomic E-state index is 13.1. The molecule has 0 aliphatic carbocycles. The van der Waals surface area contributed by atoms with Crippen LogP contribution in [0.2, 0.25) is 0 Å². The molecule has 2 aromatic rings. The fourth-order valence-corrected chi connectivity index (χ4v) is 3.25. The predicted molar refractivity (Wildman–Crippen MR) is 107 cm³/mol. The summed E-state index contributed by atoms with van der Waals surface area (Å²) in [5, 5.41) is 8.30. The maximum Gasteiger partial charge on any atom is 0.223 e. The first-order valence-corrected chi connectivity index (χ1v) is 9.39. The second kappa shape index (κ2) is 8.64. The highest BCUT2D eigenvalue weighted by Crippen LogP contribution is 2.38. The molecule has 1 heterocycles. The van der Waals surface area contributed by atoms with E-state index in [-0.39, 0.29) is 11.9 Å². The number of nitrogens with zero attached hydrogens (tertiary/aromatic N) is 3. The minimum absolute atomic E-state index is 0.00588. The van der Waals surface area contributed by atoms with Crippen molar-refractivity contribution in [3.8, 4) is 12.3 Å². The summed E-state index contributed by atoms with van der Waals surface area (Å²) in [6, 6.07) is 20.2. The summed E-state index contributed by atoms with van der Waals surface area (Å²) in [5.41, 5.74) is 1.83. The summed E-state index contributed by atoms with van der Waals surface area (Å²) in [4.78, 5) is 15.1. The fraction of sp³-hybridized carbons (Fsp3) is 0.348. The number of carbonyl (C=O) groups is 1. The molecule has 0 bridgehead atoms. The van der Waals surface area contributed by atoms with E-state index in [1.54, 1.807) is 0 Å². The highest BCUT2D eigenvalue weighted by atomic mass is 16.2. The van der Waals surface area contributed by atoms with Gasteiger partial charge in [0.15, 0.2) is 5.66 Å². The Bertz CT molecular complexity index is 818. The third-order valence-electron chi connectivity index (χ3n) is 5.06. The van der Waals surface area contributed by atoms with Crippen LogP contribution >= 0.6 is 0 Å². The molecule has 1 unspecified atom stereocenters. The van der Waals surface area contributed by atoms with E-state index in [9.17, 15) is 4.79 Å². The second-order valence-electron chi connectivity index (χ2n) is 6.98. The van der Waals surface area contributed by atoms with E-state index in [0.717, 1.165) is 17.5 Å². The van der Waals surface area contributed by atoms with Gasteiger partial charge >= 0.3 is 0 Å². The van der Waals surface area contributed by atoms with E-state index in [1.807, 2.05) is 41.3 Å². The van der Waals surface area contributed by atoms with Crippen molar-refractivity contribution < 1.29 is 4.79 Å². The number of carbonyl (C=O) groups excluding carboxylic acids is 1. The van der Waals surface area contributed by atoms with Gasteiger partial charge in [0.2, 0.25) is 5.91 Å². The summed E-state index contributed by atoms with van der Waals surface area (Å²) >= 11 is 0. The summed E-state index contributed by atoms with van der Waals surface area (Å²) in [7, 11) is 0. The van der Waals surface area contributed by atoms with Crippen LogP contribution in [0.1, 0.15) is 49.8 Å². The van der Waals surface area contributed by atoms with Crippen LogP contribution in [0.15, 0.2) is 70.9 Å². The zero-order chi connectivity index (χ0) is 19.1. The van der Waals surface area contributed by atoms with Crippen molar-refractivity contribution in [3.63, 3.8) is 0 Å². The van der Waals surface area contributed by atoms with Crippen LogP contribution in [0.5, 0.6) is 0 Å². The van der Waals surface area contributed by atoms with E-state index in [2.05, 4.69) is 47.3 Å². The minimum atomic E-state index is -0.420. The van der Waals surface area contributed by atoms with Crippen LogP contribution in [0.4, 0.5) is 0 Å². The maximum atomic E-state index is 13.1. The monoisotopic (exact) mass is 359 g/mol. The molecule has 0 N–H and O–H groups in total. The Morgan fingerprint density at radius 1 is 1.07 bits per heavy atom. The van der Waals surface area contributed by atoms with Gasteiger partial charge < -0.3 is 4.90 Å². The molecule has 3 rings (SSSR count). The second-order valence-corrected chi connectivity index (χ2v) is 6.98. The molecule has 138 valence electrons. The van der Waals surface area contributed by atoms with E-state index in [4.69, 9.17) is 6.42 Å². The molecule has 4 nitrogen and oxygen atoms in total. The zero-order valence-corrected chi connectivity index (χ0v) is 15.7. The molecule has 0 radical (unpaired) electrons. The van der Waals surface area contributed by atoms with Gasteiger partial charge in [-0.1, -0.05) is 60.7 Å². The Balaban J connectivity index is 1.71. The van der Waals surface area contributed by atoms with E-state index >= 15 is 0 Å². The van der Waals surface area contributed by atoms with Crippen LogP contribution in [0.3, 0.4) is 0 Å². The molecule has 1 atom stereocenters.